The van der Waals surface area contributed by atoms with Crippen molar-refractivity contribution in [3.05, 3.63) is 11.6 Å². The van der Waals surface area contributed by atoms with Crippen LogP contribution in [0.5, 0.6) is 0 Å². The summed E-state index contributed by atoms with van der Waals surface area (Å²) in [5.41, 5.74) is 1.42. The second-order valence-corrected chi connectivity index (χ2v) is 5.18. The van der Waals surface area contributed by atoms with Crippen LogP contribution in [-0.2, 0) is 0 Å². The first kappa shape index (κ1) is 11.2. The van der Waals surface area contributed by atoms with Gasteiger partial charge in [-0.05, 0) is 39.7 Å². The fourth-order valence-electron chi connectivity index (χ4n) is 2.90. The quantitative estimate of drug-likeness (QED) is 0.715. The number of rotatable bonds is 3. The molecule has 0 spiro atoms. The molecule has 2 nitrogen and oxygen atoms in total. The van der Waals surface area contributed by atoms with Crippen LogP contribution in [0.3, 0.4) is 0 Å². The lowest BCUT2D eigenvalue weighted by Gasteiger charge is -2.32. The Hall–Kier alpha value is -0.340. The van der Waals surface area contributed by atoms with Crippen molar-refractivity contribution in [2.45, 2.75) is 51.6 Å². The number of piperidine rings is 1. The molecule has 2 heterocycles. The van der Waals surface area contributed by atoms with Gasteiger partial charge in [0.25, 0.3) is 0 Å². The lowest BCUT2D eigenvalue weighted by atomic mass is 9.99. The monoisotopic (exact) mass is 208 g/mol. The predicted molar refractivity (Wildman–Crippen MR) is 65.1 cm³/mol. The maximum absolute atomic E-state index is 3.69. The van der Waals surface area contributed by atoms with E-state index in [-0.39, 0.29) is 0 Å². The van der Waals surface area contributed by atoms with Gasteiger partial charge in [-0.15, -0.1) is 0 Å². The number of nitrogens with zero attached hydrogens (tertiary/aromatic N) is 1. The highest BCUT2D eigenvalue weighted by Gasteiger charge is 2.34. The van der Waals surface area contributed by atoms with Crippen LogP contribution < -0.4 is 5.32 Å². The molecule has 0 bridgehead atoms. The van der Waals surface area contributed by atoms with Crippen molar-refractivity contribution in [2.24, 2.45) is 0 Å². The molecular weight excluding hydrogens is 184 g/mol. The van der Waals surface area contributed by atoms with Gasteiger partial charge < -0.3 is 5.32 Å². The SMILES string of the molecule is CC(C)=CCNC1CCN2CCCCC12. The molecule has 15 heavy (non-hydrogen) atoms. The summed E-state index contributed by atoms with van der Waals surface area (Å²) in [6, 6.07) is 1.59. The fraction of sp³-hybridized carbons (Fsp3) is 0.846. The largest absolute Gasteiger partial charge is 0.309 e. The summed E-state index contributed by atoms with van der Waals surface area (Å²) >= 11 is 0. The van der Waals surface area contributed by atoms with Crippen molar-refractivity contribution >= 4 is 0 Å². The van der Waals surface area contributed by atoms with Crippen LogP contribution in [0.25, 0.3) is 0 Å². The molecule has 0 aromatic carbocycles. The van der Waals surface area contributed by atoms with Crippen LogP contribution >= 0.6 is 0 Å². The molecule has 2 saturated heterocycles. The van der Waals surface area contributed by atoms with Gasteiger partial charge in [0.1, 0.15) is 0 Å². The van der Waals surface area contributed by atoms with Crippen molar-refractivity contribution in [3.63, 3.8) is 0 Å². The molecule has 86 valence electrons. The van der Waals surface area contributed by atoms with E-state index in [1.807, 2.05) is 0 Å². The van der Waals surface area contributed by atoms with E-state index in [1.54, 1.807) is 0 Å². The summed E-state index contributed by atoms with van der Waals surface area (Å²) in [4.78, 5) is 2.68. The molecule has 0 amide bonds. The van der Waals surface area contributed by atoms with E-state index in [1.165, 1.54) is 44.3 Å². The normalized spacial score (nSPS) is 31.3. The Labute approximate surface area is 93.7 Å². The van der Waals surface area contributed by atoms with E-state index >= 15 is 0 Å². The molecule has 2 fully saturated rings. The second kappa shape index (κ2) is 5.13. The second-order valence-electron chi connectivity index (χ2n) is 5.18. The van der Waals surface area contributed by atoms with E-state index in [4.69, 9.17) is 0 Å². The Morgan fingerprint density at radius 3 is 2.93 bits per heavy atom. The van der Waals surface area contributed by atoms with Gasteiger partial charge in [-0.1, -0.05) is 18.1 Å². The average Bonchev–Trinajstić information content (AvgIpc) is 2.62. The third-order valence-electron chi connectivity index (χ3n) is 3.75. The first-order valence-electron chi connectivity index (χ1n) is 6.38. The van der Waals surface area contributed by atoms with E-state index in [0.717, 1.165) is 18.6 Å². The number of allylic oxidation sites excluding steroid dienone is 1. The standard InChI is InChI=1S/C13H24N2/c1-11(2)6-8-14-12-7-10-15-9-4-3-5-13(12)15/h6,12-14H,3-5,7-10H2,1-2H3. The highest BCUT2D eigenvalue weighted by molar-refractivity contribution is 4.98. The minimum absolute atomic E-state index is 0.751. The molecule has 0 radical (unpaired) electrons. The van der Waals surface area contributed by atoms with Crippen molar-refractivity contribution in [2.75, 3.05) is 19.6 Å². The van der Waals surface area contributed by atoms with E-state index in [2.05, 4.69) is 30.1 Å². The van der Waals surface area contributed by atoms with Crippen molar-refractivity contribution in [1.29, 1.82) is 0 Å². The lowest BCUT2D eigenvalue weighted by molar-refractivity contribution is 0.182. The maximum Gasteiger partial charge on any atom is 0.0249 e. The summed E-state index contributed by atoms with van der Waals surface area (Å²) in [5.74, 6) is 0. The molecule has 0 aliphatic carbocycles. The van der Waals surface area contributed by atoms with Gasteiger partial charge >= 0.3 is 0 Å². The summed E-state index contributed by atoms with van der Waals surface area (Å²) in [6.45, 7) is 8.05. The Balaban J connectivity index is 1.80. The zero-order valence-electron chi connectivity index (χ0n) is 10.1. The van der Waals surface area contributed by atoms with Crippen molar-refractivity contribution in [1.82, 2.24) is 10.2 Å². The molecule has 2 aliphatic heterocycles. The molecule has 2 unspecified atom stereocenters. The van der Waals surface area contributed by atoms with Crippen LogP contribution in [0.1, 0.15) is 39.5 Å². The molecule has 2 atom stereocenters. The third kappa shape index (κ3) is 2.82. The molecule has 1 N–H and O–H groups in total. The summed E-state index contributed by atoms with van der Waals surface area (Å²) in [5, 5.41) is 3.69. The van der Waals surface area contributed by atoms with E-state index in [0.29, 0.717) is 0 Å². The van der Waals surface area contributed by atoms with Gasteiger partial charge in [0.2, 0.25) is 0 Å². The number of fused-ring (bicyclic) bond motifs is 1. The van der Waals surface area contributed by atoms with Gasteiger partial charge in [-0.3, -0.25) is 4.90 Å². The number of hydrogen-bond donors (Lipinski definition) is 1. The van der Waals surface area contributed by atoms with Crippen LogP contribution in [0.2, 0.25) is 0 Å². The van der Waals surface area contributed by atoms with Crippen LogP contribution in [0, 0.1) is 0 Å². The highest BCUT2D eigenvalue weighted by atomic mass is 15.2. The molecule has 2 rings (SSSR count). The Morgan fingerprint density at radius 2 is 2.13 bits per heavy atom. The minimum atomic E-state index is 0.751. The average molecular weight is 208 g/mol. The van der Waals surface area contributed by atoms with Gasteiger partial charge in [-0.2, -0.15) is 0 Å². The third-order valence-corrected chi connectivity index (χ3v) is 3.75. The zero-order valence-corrected chi connectivity index (χ0v) is 10.1. The molecule has 2 heteroatoms. The maximum atomic E-state index is 3.69. The molecule has 0 aromatic heterocycles. The fourth-order valence-corrected chi connectivity index (χ4v) is 2.90. The van der Waals surface area contributed by atoms with Gasteiger partial charge in [-0.25, -0.2) is 0 Å². The Kier molecular flexibility index (Phi) is 3.81. The van der Waals surface area contributed by atoms with Crippen LogP contribution in [-0.4, -0.2) is 36.6 Å². The molecular formula is C13H24N2. The summed E-state index contributed by atoms with van der Waals surface area (Å²) in [7, 11) is 0. The first-order valence-corrected chi connectivity index (χ1v) is 6.38. The van der Waals surface area contributed by atoms with Gasteiger partial charge in [0.15, 0.2) is 0 Å². The highest BCUT2D eigenvalue weighted by Crippen LogP contribution is 2.26. The van der Waals surface area contributed by atoms with E-state index < -0.39 is 0 Å². The van der Waals surface area contributed by atoms with Crippen molar-refractivity contribution < 1.29 is 0 Å². The Morgan fingerprint density at radius 1 is 1.27 bits per heavy atom. The van der Waals surface area contributed by atoms with Gasteiger partial charge in [0, 0.05) is 25.2 Å². The topological polar surface area (TPSA) is 15.3 Å². The summed E-state index contributed by atoms with van der Waals surface area (Å²) < 4.78 is 0. The number of hydrogen-bond acceptors (Lipinski definition) is 2. The van der Waals surface area contributed by atoms with Gasteiger partial charge in [0.05, 0.1) is 0 Å². The summed E-state index contributed by atoms with van der Waals surface area (Å²) in [6.07, 6.45) is 7.90. The predicted octanol–water partition coefficient (Wildman–Crippen LogP) is 2.17. The Bertz CT molecular complexity index is 231. The minimum Gasteiger partial charge on any atom is -0.309 e. The van der Waals surface area contributed by atoms with Crippen molar-refractivity contribution in [3.8, 4) is 0 Å². The molecule has 0 saturated carbocycles. The van der Waals surface area contributed by atoms with Crippen LogP contribution in [0.15, 0.2) is 11.6 Å². The number of nitrogens with one attached hydrogen (secondary N) is 1. The van der Waals surface area contributed by atoms with E-state index in [9.17, 15) is 0 Å². The lowest BCUT2D eigenvalue weighted by Crippen LogP contribution is -2.44. The molecule has 0 aromatic rings. The zero-order chi connectivity index (χ0) is 10.7. The van der Waals surface area contributed by atoms with Crippen LogP contribution in [0.4, 0.5) is 0 Å². The smallest absolute Gasteiger partial charge is 0.0249 e. The molecule has 2 aliphatic rings. The first-order chi connectivity index (χ1) is 7.27.